The number of hydrogen-bond donors (Lipinski definition) is 2. The molecule has 0 aliphatic carbocycles. The van der Waals surface area contributed by atoms with Crippen LogP contribution in [0, 0.1) is 0 Å². The van der Waals surface area contributed by atoms with Gasteiger partial charge in [0.15, 0.2) is 5.82 Å². The molecule has 0 spiro atoms. The van der Waals surface area contributed by atoms with Gasteiger partial charge in [0.25, 0.3) is 0 Å². The molecule has 8 nitrogen and oxygen atoms in total. The van der Waals surface area contributed by atoms with E-state index in [1.807, 2.05) is 0 Å². The van der Waals surface area contributed by atoms with Gasteiger partial charge in [-0.3, -0.25) is 4.98 Å². The van der Waals surface area contributed by atoms with Crippen molar-refractivity contribution in [3.05, 3.63) is 54.0 Å². The Bertz CT molecular complexity index is 804. The summed E-state index contributed by atoms with van der Waals surface area (Å²) in [6, 6.07) is 3.73. The van der Waals surface area contributed by atoms with Gasteiger partial charge in [-0.15, -0.1) is 0 Å². The number of hydrogen-bond acceptors (Lipinski definition) is 8. The molecule has 0 bridgehead atoms. The van der Waals surface area contributed by atoms with Gasteiger partial charge in [-0.1, -0.05) is 0 Å². The molecular weight excluding hydrogens is 346 g/mol. The largest absolute Gasteiger partial charge is 0.462 e. The summed E-state index contributed by atoms with van der Waals surface area (Å²) >= 11 is 0. The van der Waals surface area contributed by atoms with Crippen molar-refractivity contribution >= 4 is 17.2 Å². The molecule has 0 aromatic carbocycles. The van der Waals surface area contributed by atoms with Gasteiger partial charge >= 0.3 is 5.97 Å². The average molecular weight is 369 g/mol. The van der Waals surface area contributed by atoms with E-state index in [0.717, 1.165) is 12.8 Å². The maximum absolute atomic E-state index is 12.3. The molecule has 2 aromatic rings. The van der Waals surface area contributed by atoms with Gasteiger partial charge in [-0.25, -0.2) is 14.8 Å². The van der Waals surface area contributed by atoms with Crippen LogP contribution >= 0.6 is 0 Å². The third-order valence-electron chi connectivity index (χ3n) is 4.23. The van der Waals surface area contributed by atoms with Crippen LogP contribution in [-0.2, 0) is 9.47 Å². The topological polar surface area (TPSA) is 112 Å². The number of pyridine rings is 1. The minimum Gasteiger partial charge on any atom is -0.462 e. The Morgan fingerprint density at radius 2 is 2.07 bits per heavy atom. The van der Waals surface area contributed by atoms with E-state index < -0.39 is 5.97 Å². The Morgan fingerprint density at radius 1 is 1.33 bits per heavy atom. The second kappa shape index (κ2) is 9.09. The van der Waals surface area contributed by atoms with Crippen molar-refractivity contribution in [2.45, 2.75) is 25.8 Å². The number of nitrogens with one attached hydrogen (secondary N) is 1. The molecule has 3 heterocycles. The van der Waals surface area contributed by atoms with Crippen LogP contribution in [0.2, 0.25) is 0 Å². The molecule has 0 amide bonds. The molecule has 3 rings (SSSR count). The molecule has 1 aliphatic heterocycles. The number of nitrogens with two attached hydrogens (primary N) is 1. The first-order chi connectivity index (χ1) is 13.2. The fourth-order valence-corrected chi connectivity index (χ4v) is 2.87. The number of ether oxygens (including phenoxy) is 2. The van der Waals surface area contributed by atoms with Gasteiger partial charge in [0.05, 0.1) is 23.6 Å². The first-order valence-electron chi connectivity index (χ1n) is 8.94. The molecular formula is C19H23N5O3. The minimum atomic E-state index is -0.416. The van der Waals surface area contributed by atoms with E-state index in [4.69, 9.17) is 15.2 Å². The van der Waals surface area contributed by atoms with Crippen molar-refractivity contribution in [3.63, 3.8) is 0 Å². The van der Waals surface area contributed by atoms with Crippen molar-refractivity contribution in [2.24, 2.45) is 5.73 Å². The van der Waals surface area contributed by atoms with Gasteiger partial charge in [0.1, 0.15) is 5.56 Å². The predicted molar refractivity (Wildman–Crippen MR) is 101 cm³/mol. The summed E-state index contributed by atoms with van der Waals surface area (Å²) in [5.74, 6) is 0.0498. The van der Waals surface area contributed by atoms with E-state index in [1.54, 1.807) is 31.5 Å². The monoisotopic (exact) mass is 369 g/mol. The summed E-state index contributed by atoms with van der Waals surface area (Å²) in [5, 5.41) is 3.43. The van der Waals surface area contributed by atoms with E-state index in [9.17, 15) is 4.79 Å². The number of esters is 1. The zero-order valence-corrected chi connectivity index (χ0v) is 15.2. The summed E-state index contributed by atoms with van der Waals surface area (Å²) in [5.41, 5.74) is 8.01. The molecule has 1 saturated heterocycles. The molecule has 2 aromatic heterocycles. The molecule has 1 fully saturated rings. The lowest BCUT2D eigenvalue weighted by Gasteiger charge is -2.25. The van der Waals surface area contributed by atoms with E-state index in [1.165, 1.54) is 12.4 Å². The van der Waals surface area contributed by atoms with Crippen LogP contribution in [0.1, 0.15) is 41.6 Å². The Hall–Kier alpha value is -3.00. The first-order valence-corrected chi connectivity index (χ1v) is 8.94. The van der Waals surface area contributed by atoms with E-state index >= 15 is 0 Å². The second-order valence-electron chi connectivity index (χ2n) is 6.02. The summed E-state index contributed by atoms with van der Waals surface area (Å²) < 4.78 is 10.6. The van der Waals surface area contributed by atoms with Crippen molar-refractivity contribution < 1.29 is 14.3 Å². The van der Waals surface area contributed by atoms with Crippen LogP contribution in [0.3, 0.4) is 0 Å². The summed E-state index contributed by atoms with van der Waals surface area (Å²) in [6.07, 6.45) is 7.92. The molecule has 0 atom stereocenters. The molecule has 142 valence electrons. The maximum atomic E-state index is 12.3. The zero-order chi connectivity index (χ0) is 19.1. The molecule has 0 radical (unpaired) electrons. The number of aromatic nitrogens is 3. The number of carbonyl (C=O) groups excluding carboxylic acids is 1. The highest BCUT2D eigenvalue weighted by molar-refractivity contribution is 5.96. The summed E-state index contributed by atoms with van der Waals surface area (Å²) in [6.45, 7) is 3.45. The van der Waals surface area contributed by atoms with E-state index in [-0.39, 0.29) is 6.04 Å². The molecule has 1 aliphatic rings. The van der Waals surface area contributed by atoms with E-state index in [0.29, 0.717) is 48.2 Å². The Kier molecular flexibility index (Phi) is 6.32. The van der Waals surface area contributed by atoms with Crippen LogP contribution in [0.25, 0.3) is 5.57 Å². The lowest BCUT2D eigenvalue weighted by atomic mass is 10.1. The van der Waals surface area contributed by atoms with Crippen molar-refractivity contribution in [1.29, 1.82) is 0 Å². The lowest BCUT2D eigenvalue weighted by molar-refractivity contribution is 0.0527. The van der Waals surface area contributed by atoms with Gasteiger partial charge in [-0.2, -0.15) is 0 Å². The summed E-state index contributed by atoms with van der Waals surface area (Å²) in [4.78, 5) is 25.2. The highest BCUT2D eigenvalue weighted by atomic mass is 16.5. The quantitative estimate of drug-likeness (QED) is 0.744. The first kappa shape index (κ1) is 18.8. The second-order valence-corrected chi connectivity index (χ2v) is 6.02. The number of nitrogens with zero attached hydrogens (tertiary/aromatic N) is 3. The highest BCUT2D eigenvalue weighted by Crippen LogP contribution is 2.25. The van der Waals surface area contributed by atoms with E-state index in [2.05, 4.69) is 20.3 Å². The van der Waals surface area contributed by atoms with Gasteiger partial charge in [-0.05, 0) is 31.9 Å². The number of rotatable bonds is 6. The Labute approximate surface area is 157 Å². The van der Waals surface area contributed by atoms with Crippen LogP contribution in [0.4, 0.5) is 5.69 Å². The minimum absolute atomic E-state index is 0.209. The third kappa shape index (κ3) is 4.59. The van der Waals surface area contributed by atoms with Crippen LogP contribution in [0.5, 0.6) is 0 Å². The molecule has 27 heavy (non-hydrogen) atoms. The van der Waals surface area contributed by atoms with Crippen LogP contribution < -0.4 is 11.1 Å². The maximum Gasteiger partial charge on any atom is 0.341 e. The highest BCUT2D eigenvalue weighted by Gasteiger charge is 2.21. The number of anilines is 1. The SMILES string of the molecule is CCOC(=O)c1cnc(C(=CN)c2ncccn2)cc1NC1CCOCC1. The fourth-order valence-electron chi connectivity index (χ4n) is 2.87. The lowest BCUT2D eigenvalue weighted by Crippen LogP contribution is -2.29. The zero-order valence-electron chi connectivity index (χ0n) is 15.2. The number of carbonyl (C=O) groups is 1. The van der Waals surface area contributed by atoms with Crippen LogP contribution in [-0.4, -0.2) is 46.8 Å². The normalized spacial score (nSPS) is 15.4. The van der Waals surface area contributed by atoms with Gasteiger partial charge < -0.3 is 20.5 Å². The molecule has 8 heteroatoms. The summed E-state index contributed by atoms with van der Waals surface area (Å²) in [7, 11) is 0. The van der Waals surface area contributed by atoms with Crippen molar-refractivity contribution in [3.8, 4) is 0 Å². The fraction of sp³-hybridized carbons (Fsp3) is 0.368. The average Bonchev–Trinajstić information content (AvgIpc) is 2.70. The standard InChI is InChI=1S/C19H23N5O3/c1-2-27-19(25)15-12-23-16(14(11-20)18-21-6-3-7-22-18)10-17(15)24-13-4-8-26-9-5-13/h3,6-7,10-13H,2,4-5,8-9,20H2,1H3,(H,23,24). The third-order valence-corrected chi connectivity index (χ3v) is 4.23. The Balaban J connectivity index is 1.96. The smallest absolute Gasteiger partial charge is 0.341 e. The molecule has 0 unspecified atom stereocenters. The van der Waals surface area contributed by atoms with Crippen LogP contribution in [0.15, 0.2) is 36.9 Å². The van der Waals surface area contributed by atoms with Gasteiger partial charge in [0, 0.05) is 44.0 Å². The molecule has 3 N–H and O–H groups in total. The van der Waals surface area contributed by atoms with Gasteiger partial charge in [0.2, 0.25) is 0 Å². The van der Waals surface area contributed by atoms with Crippen molar-refractivity contribution in [2.75, 3.05) is 25.1 Å². The molecule has 0 saturated carbocycles. The predicted octanol–water partition coefficient (Wildman–Crippen LogP) is 1.99. The Morgan fingerprint density at radius 3 is 2.74 bits per heavy atom. The van der Waals surface area contributed by atoms with Crippen molar-refractivity contribution in [1.82, 2.24) is 15.0 Å².